The fourth-order valence-corrected chi connectivity index (χ4v) is 1.51. The molecule has 14 heavy (non-hydrogen) atoms. The largest absolute Gasteiger partial charge is 0.421 e. The summed E-state index contributed by atoms with van der Waals surface area (Å²) >= 11 is 6.05. The summed E-state index contributed by atoms with van der Waals surface area (Å²) in [5.41, 5.74) is 1.88. The van der Waals surface area contributed by atoms with Crippen LogP contribution in [-0.4, -0.2) is 10.2 Å². The summed E-state index contributed by atoms with van der Waals surface area (Å²) in [6, 6.07) is 5.71. The van der Waals surface area contributed by atoms with Gasteiger partial charge in [0.2, 0.25) is 11.8 Å². The zero-order valence-electron chi connectivity index (χ0n) is 7.91. The first-order valence-corrected chi connectivity index (χ1v) is 4.61. The molecular weight excluding hydrogens is 200 g/mol. The van der Waals surface area contributed by atoms with E-state index < -0.39 is 0 Å². The van der Waals surface area contributed by atoms with Gasteiger partial charge in [0.25, 0.3) is 0 Å². The first kappa shape index (κ1) is 9.21. The second-order valence-electron chi connectivity index (χ2n) is 3.11. The van der Waals surface area contributed by atoms with Gasteiger partial charge in [-0.2, -0.15) is 0 Å². The minimum Gasteiger partial charge on any atom is -0.421 e. The van der Waals surface area contributed by atoms with Crippen molar-refractivity contribution in [3.05, 3.63) is 34.7 Å². The summed E-state index contributed by atoms with van der Waals surface area (Å²) < 4.78 is 5.28. The molecule has 2 aromatic rings. The Morgan fingerprint density at radius 2 is 2.00 bits per heavy atom. The lowest BCUT2D eigenvalue weighted by molar-refractivity contribution is 0.533. The third-order valence-electron chi connectivity index (χ3n) is 1.88. The topological polar surface area (TPSA) is 38.9 Å². The summed E-state index contributed by atoms with van der Waals surface area (Å²) in [6.45, 7) is 3.73. The quantitative estimate of drug-likeness (QED) is 0.723. The third kappa shape index (κ3) is 1.63. The van der Waals surface area contributed by atoms with E-state index in [4.69, 9.17) is 16.0 Å². The number of benzene rings is 1. The predicted octanol–water partition coefficient (Wildman–Crippen LogP) is 3.01. The molecule has 0 atom stereocenters. The van der Waals surface area contributed by atoms with Gasteiger partial charge in [0.15, 0.2) is 0 Å². The van der Waals surface area contributed by atoms with E-state index in [-0.39, 0.29) is 0 Å². The smallest absolute Gasteiger partial charge is 0.249 e. The van der Waals surface area contributed by atoms with Crippen molar-refractivity contribution in [3.63, 3.8) is 0 Å². The lowest BCUT2D eigenvalue weighted by Gasteiger charge is -1.99. The van der Waals surface area contributed by atoms with Crippen LogP contribution in [0.15, 0.2) is 22.6 Å². The Balaban J connectivity index is 2.52. The molecule has 0 bridgehead atoms. The van der Waals surface area contributed by atoms with Crippen molar-refractivity contribution in [2.75, 3.05) is 0 Å². The highest BCUT2D eigenvalue weighted by Gasteiger charge is 2.09. The lowest BCUT2D eigenvalue weighted by atomic mass is 10.1. The summed E-state index contributed by atoms with van der Waals surface area (Å²) in [6.07, 6.45) is 0. The van der Waals surface area contributed by atoms with Crippen LogP contribution >= 0.6 is 11.6 Å². The average Bonchev–Trinajstić information content (AvgIpc) is 2.51. The van der Waals surface area contributed by atoms with Gasteiger partial charge in [-0.3, -0.25) is 0 Å². The average molecular weight is 209 g/mol. The maximum atomic E-state index is 6.05. The maximum absolute atomic E-state index is 6.05. The molecule has 0 unspecified atom stereocenters. The van der Waals surface area contributed by atoms with Gasteiger partial charge in [-0.05, 0) is 24.6 Å². The summed E-state index contributed by atoms with van der Waals surface area (Å²) in [4.78, 5) is 0. The SMILES string of the molecule is Cc1ccc(-c2nnc(C)o2)c(Cl)c1. The Bertz CT molecular complexity index is 465. The van der Waals surface area contributed by atoms with Gasteiger partial charge in [0, 0.05) is 6.92 Å². The van der Waals surface area contributed by atoms with Crippen molar-refractivity contribution in [1.82, 2.24) is 10.2 Å². The highest BCUT2D eigenvalue weighted by Crippen LogP contribution is 2.27. The molecule has 0 saturated carbocycles. The maximum Gasteiger partial charge on any atom is 0.249 e. The summed E-state index contributed by atoms with van der Waals surface area (Å²) in [5, 5.41) is 8.29. The molecule has 0 N–H and O–H groups in total. The second kappa shape index (κ2) is 3.42. The minimum absolute atomic E-state index is 0.465. The van der Waals surface area contributed by atoms with Crippen molar-refractivity contribution in [3.8, 4) is 11.5 Å². The van der Waals surface area contributed by atoms with E-state index in [1.807, 2.05) is 25.1 Å². The van der Waals surface area contributed by atoms with Crippen LogP contribution in [0.3, 0.4) is 0 Å². The number of nitrogens with zero attached hydrogens (tertiary/aromatic N) is 2. The molecule has 0 aliphatic rings. The van der Waals surface area contributed by atoms with Crippen molar-refractivity contribution >= 4 is 11.6 Å². The van der Waals surface area contributed by atoms with Gasteiger partial charge < -0.3 is 4.42 Å². The highest BCUT2D eigenvalue weighted by molar-refractivity contribution is 6.33. The van der Waals surface area contributed by atoms with Crippen LogP contribution < -0.4 is 0 Å². The van der Waals surface area contributed by atoms with E-state index in [0.29, 0.717) is 16.8 Å². The van der Waals surface area contributed by atoms with Crippen molar-refractivity contribution in [1.29, 1.82) is 0 Å². The highest BCUT2D eigenvalue weighted by atomic mass is 35.5. The molecule has 72 valence electrons. The molecule has 0 spiro atoms. The molecule has 0 radical (unpaired) electrons. The Kier molecular flexibility index (Phi) is 2.25. The number of aryl methyl sites for hydroxylation is 2. The fourth-order valence-electron chi connectivity index (χ4n) is 1.20. The lowest BCUT2D eigenvalue weighted by Crippen LogP contribution is -1.81. The van der Waals surface area contributed by atoms with Crippen LogP contribution in [-0.2, 0) is 0 Å². The fraction of sp³-hybridized carbons (Fsp3) is 0.200. The zero-order valence-corrected chi connectivity index (χ0v) is 8.67. The van der Waals surface area contributed by atoms with E-state index in [0.717, 1.165) is 11.1 Å². The summed E-state index contributed by atoms with van der Waals surface area (Å²) in [5.74, 6) is 1.00. The molecule has 2 rings (SSSR count). The first-order chi connectivity index (χ1) is 6.66. The van der Waals surface area contributed by atoms with Gasteiger partial charge in [-0.15, -0.1) is 10.2 Å². The molecule has 0 fully saturated rings. The van der Waals surface area contributed by atoms with E-state index in [9.17, 15) is 0 Å². The Hall–Kier alpha value is -1.35. The van der Waals surface area contributed by atoms with Gasteiger partial charge >= 0.3 is 0 Å². The third-order valence-corrected chi connectivity index (χ3v) is 2.19. The number of halogens is 1. The standard InChI is InChI=1S/C10H9ClN2O/c1-6-3-4-8(9(11)5-6)10-13-12-7(2)14-10/h3-5H,1-2H3. The van der Waals surface area contributed by atoms with Gasteiger partial charge in [-0.25, -0.2) is 0 Å². The monoisotopic (exact) mass is 208 g/mol. The number of rotatable bonds is 1. The molecule has 0 aliphatic heterocycles. The van der Waals surface area contributed by atoms with Gasteiger partial charge in [-0.1, -0.05) is 17.7 Å². The van der Waals surface area contributed by atoms with Crippen LogP contribution in [0.2, 0.25) is 5.02 Å². The molecule has 1 heterocycles. The van der Waals surface area contributed by atoms with Crippen molar-refractivity contribution in [2.45, 2.75) is 13.8 Å². The van der Waals surface area contributed by atoms with Gasteiger partial charge in [0.05, 0.1) is 10.6 Å². The normalized spacial score (nSPS) is 10.5. The van der Waals surface area contributed by atoms with E-state index in [2.05, 4.69) is 10.2 Å². The molecular formula is C10H9ClN2O. The van der Waals surface area contributed by atoms with E-state index in [1.54, 1.807) is 6.92 Å². The first-order valence-electron chi connectivity index (χ1n) is 4.23. The molecule has 1 aromatic carbocycles. The summed E-state index contributed by atoms with van der Waals surface area (Å²) in [7, 11) is 0. The van der Waals surface area contributed by atoms with Crippen LogP contribution in [0, 0.1) is 13.8 Å². The second-order valence-corrected chi connectivity index (χ2v) is 3.52. The van der Waals surface area contributed by atoms with Crippen LogP contribution in [0.5, 0.6) is 0 Å². The van der Waals surface area contributed by atoms with Crippen molar-refractivity contribution < 1.29 is 4.42 Å². The molecule has 4 heteroatoms. The zero-order chi connectivity index (χ0) is 10.1. The van der Waals surface area contributed by atoms with Crippen LogP contribution in [0.4, 0.5) is 0 Å². The number of hydrogen-bond donors (Lipinski definition) is 0. The van der Waals surface area contributed by atoms with Crippen LogP contribution in [0.25, 0.3) is 11.5 Å². The molecule has 0 amide bonds. The Morgan fingerprint density at radius 3 is 2.57 bits per heavy atom. The van der Waals surface area contributed by atoms with E-state index >= 15 is 0 Å². The Morgan fingerprint density at radius 1 is 1.21 bits per heavy atom. The van der Waals surface area contributed by atoms with E-state index in [1.165, 1.54) is 0 Å². The molecule has 1 aromatic heterocycles. The minimum atomic E-state index is 0.465. The van der Waals surface area contributed by atoms with Gasteiger partial charge in [0.1, 0.15) is 0 Å². The number of aromatic nitrogens is 2. The molecule has 3 nitrogen and oxygen atoms in total. The number of hydrogen-bond acceptors (Lipinski definition) is 3. The predicted molar refractivity (Wildman–Crippen MR) is 54.2 cm³/mol. The Labute approximate surface area is 86.7 Å². The molecule has 0 aliphatic carbocycles. The van der Waals surface area contributed by atoms with Crippen LogP contribution in [0.1, 0.15) is 11.5 Å². The molecule has 0 saturated heterocycles. The van der Waals surface area contributed by atoms with Crippen molar-refractivity contribution in [2.24, 2.45) is 0 Å².